The molecule has 0 spiro atoms. The van der Waals surface area contributed by atoms with Crippen LogP contribution in [-0.4, -0.2) is 4.98 Å². The monoisotopic (exact) mass is 838 g/mol. The van der Waals surface area contributed by atoms with Crippen LogP contribution in [0.3, 0.4) is 0 Å². The average Bonchev–Trinajstić information content (AvgIpc) is 3.94. The van der Waals surface area contributed by atoms with Crippen LogP contribution < -0.4 is 4.90 Å². The number of hydrogen-bond acceptors (Lipinski definition) is 4. The first-order valence-electron chi connectivity index (χ1n) is 21.3. The Morgan fingerprint density at radius 2 is 0.714 bits per heavy atom. The predicted molar refractivity (Wildman–Crippen MR) is 272 cm³/mol. The molecule has 0 aliphatic carbocycles. The molecular formula is C59H38N2S2. The molecule has 63 heavy (non-hydrogen) atoms. The lowest BCUT2D eigenvalue weighted by Crippen LogP contribution is -2.10. The minimum atomic E-state index is 0.924. The van der Waals surface area contributed by atoms with Crippen LogP contribution in [0.25, 0.3) is 96.1 Å². The predicted octanol–water partition coefficient (Wildman–Crippen LogP) is 17.6. The number of aromatic nitrogens is 1. The van der Waals surface area contributed by atoms with Crippen molar-refractivity contribution >= 4 is 80.1 Å². The van der Waals surface area contributed by atoms with Gasteiger partial charge >= 0.3 is 0 Å². The Morgan fingerprint density at radius 1 is 0.302 bits per heavy atom. The first-order valence-corrected chi connectivity index (χ1v) is 22.9. The van der Waals surface area contributed by atoms with Crippen LogP contribution >= 0.6 is 22.7 Å². The molecule has 0 amide bonds. The summed E-state index contributed by atoms with van der Waals surface area (Å²) in [5.74, 6) is 0. The highest BCUT2D eigenvalue weighted by atomic mass is 32.1. The maximum Gasteiger partial charge on any atom is 0.0704 e. The molecule has 3 heterocycles. The minimum absolute atomic E-state index is 0.924. The van der Waals surface area contributed by atoms with Gasteiger partial charge in [-0.3, -0.25) is 4.98 Å². The summed E-state index contributed by atoms with van der Waals surface area (Å²) in [7, 11) is 0. The van der Waals surface area contributed by atoms with E-state index < -0.39 is 0 Å². The molecule has 0 atom stereocenters. The fourth-order valence-corrected chi connectivity index (χ4v) is 11.5. The maximum atomic E-state index is 5.28. The summed E-state index contributed by atoms with van der Waals surface area (Å²) in [6.07, 6.45) is 2.03. The Hall–Kier alpha value is -7.63. The van der Waals surface area contributed by atoms with E-state index in [-0.39, 0.29) is 0 Å². The average molecular weight is 839 g/mol. The molecule has 4 heteroatoms. The highest BCUT2D eigenvalue weighted by Crippen LogP contribution is 2.45. The molecule has 0 fully saturated rings. The third kappa shape index (κ3) is 6.77. The number of anilines is 3. The van der Waals surface area contributed by atoms with Crippen LogP contribution in [0, 0.1) is 0 Å². The summed E-state index contributed by atoms with van der Waals surface area (Å²) in [5, 5.41) is 5.19. The third-order valence-corrected chi connectivity index (χ3v) is 14.6. The molecule has 0 aliphatic rings. The fraction of sp³-hybridized carbons (Fsp3) is 0. The van der Waals surface area contributed by atoms with Gasteiger partial charge in [0.05, 0.1) is 17.6 Å². The second-order valence-electron chi connectivity index (χ2n) is 15.9. The summed E-state index contributed by atoms with van der Waals surface area (Å²) in [6.45, 7) is 0. The van der Waals surface area contributed by atoms with Crippen molar-refractivity contribution in [3.8, 4) is 55.8 Å². The summed E-state index contributed by atoms with van der Waals surface area (Å²) in [5.41, 5.74) is 14.7. The molecule has 0 radical (unpaired) electrons. The fourth-order valence-electron chi connectivity index (χ4n) is 9.04. The Balaban J connectivity index is 0.994. The molecule has 2 nitrogen and oxygen atoms in total. The molecule has 0 bridgehead atoms. The quantitative estimate of drug-likeness (QED) is 0.152. The van der Waals surface area contributed by atoms with Gasteiger partial charge in [-0.15, -0.1) is 22.7 Å². The van der Waals surface area contributed by atoms with Gasteiger partial charge in [-0.05, 0) is 111 Å². The van der Waals surface area contributed by atoms with E-state index in [2.05, 4.69) is 229 Å². The smallest absolute Gasteiger partial charge is 0.0704 e. The first-order chi connectivity index (χ1) is 31.2. The van der Waals surface area contributed by atoms with E-state index >= 15 is 0 Å². The normalized spacial score (nSPS) is 11.5. The van der Waals surface area contributed by atoms with E-state index in [4.69, 9.17) is 4.98 Å². The molecule has 0 saturated carbocycles. The molecule has 0 saturated heterocycles. The number of nitrogens with zero attached hydrogens (tertiary/aromatic N) is 2. The van der Waals surface area contributed by atoms with Gasteiger partial charge in [0.15, 0.2) is 0 Å². The first kappa shape index (κ1) is 37.2. The topological polar surface area (TPSA) is 16.1 Å². The Bertz CT molecular complexity index is 3370. The van der Waals surface area contributed by atoms with Gasteiger partial charge in [-0.2, -0.15) is 0 Å². The number of hydrogen-bond donors (Lipinski definition) is 0. The zero-order chi connectivity index (χ0) is 41.7. The molecule has 3 aromatic heterocycles. The van der Waals surface area contributed by atoms with Gasteiger partial charge in [0.25, 0.3) is 0 Å². The molecule has 296 valence electrons. The van der Waals surface area contributed by atoms with Crippen molar-refractivity contribution in [2.24, 2.45) is 0 Å². The molecule has 0 N–H and O–H groups in total. The number of benzene rings is 9. The molecule has 9 aromatic carbocycles. The van der Waals surface area contributed by atoms with Crippen molar-refractivity contribution < 1.29 is 0 Å². The van der Waals surface area contributed by atoms with Crippen LogP contribution in [-0.2, 0) is 0 Å². The number of thiophene rings is 2. The van der Waals surface area contributed by atoms with Crippen molar-refractivity contribution in [2.75, 3.05) is 4.90 Å². The van der Waals surface area contributed by atoms with Crippen LogP contribution in [0.15, 0.2) is 231 Å². The summed E-state index contributed by atoms with van der Waals surface area (Å²) < 4.78 is 5.21. The van der Waals surface area contributed by atoms with E-state index in [9.17, 15) is 0 Å². The van der Waals surface area contributed by atoms with Crippen molar-refractivity contribution in [1.29, 1.82) is 0 Å². The van der Waals surface area contributed by atoms with Crippen LogP contribution in [0.2, 0.25) is 0 Å². The largest absolute Gasteiger partial charge is 0.309 e. The summed E-state index contributed by atoms with van der Waals surface area (Å²) in [4.78, 5) is 7.58. The third-order valence-electron chi connectivity index (χ3n) is 12.1. The standard InChI is InChI=1S/C59H38N2S2/c1-3-13-39(14-4-1)41-25-29-46(30-26-41)61(47-31-27-42(28-32-47)40-15-5-2-6-16-40)48-33-34-55(60-38-48)45-36-43(49-19-11-21-53-51-17-7-9-23-56(51)62-58(49)53)35-44(37-45)50-20-12-22-54-52-18-8-10-24-57(52)63-59(50)54/h1-38H. The zero-order valence-corrected chi connectivity index (χ0v) is 35.8. The van der Waals surface area contributed by atoms with Crippen LogP contribution in [0.1, 0.15) is 0 Å². The minimum Gasteiger partial charge on any atom is -0.309 e. The van der Waals surface area contributed by atoms with Crippen molar-refractivity contribution in [1.82, 2.24) is 4.98 Å². The van der Waals surface area contributed by atoms with Crippen LogP contribution in [0.4, 0.5) is 17.1 Å². The molecular weight excluding hydrogens is 801 g/mol. The highest BCUT2D eigenvalue weighted by Gasteiger charge is 2.18. The van der Waals surface area contributed by atoms with E-state index in [1.807, 2.05) is 28.9 Å². The second kappa shape index (κ2) is 15.7. The number of rotatable bonds is 8. The molecule has 0 unspecified atom stereocenters. The lowest BCUT2D eigenvalue weighted by molar-refractivity contribution is 1.23. The van der Waals surface area contributed by atoms with E-state index in [0.29, 0.717) is 0 Å². The summed E-state index contributed by atoms with van der Waals surface area (Å²) >= 11 is 3.75. The van der Waals surface area contributed by atoms with Gasteiger partial charge < -0.3 is 4.90 Å². The maximum absolute atomic E-state index is 5.28. The van der Waals surface area contributed by atoms with Crippen molar-refractivity contribution in [3.05, 3.63) is 231 Å². The van der Waals surface area contributed by atoms with E-state index in [0.717, 1.165) is 28.3 Å². The highest BCUT2D eigenvalue weighted by molar-refractivity contribution is 7.26. The molecule has 12 rings (SSSR count). The second-order valence-corrected chi connectivity index (χ2v) is 18.0. The van der Waals surface area contributed by atoms with Crippen molar-refractivity contribution in [3.63, 3.8) is 0 Å². The zero-order valence-electron chi connectivity index (χ0n) is 34.2. The van der Waals surface area contributed by atoms with Gasteiger partial charge in [0.1, 0.15) is 0 Å². The van der Waals surface area contributed by atoms with E-state index in [1.54, 1.807) is 0 Å². The van der Waals surface area contributed by atoms with Gasteiger partial charge in [0.2, 0.25) is 0 Å². The number of fused-ring (bicyclic) bond motifs is 6. The lowest BCUT2D eigenvalue weighted by Gasteiger charge is -2.26. The number of pyridine rings is 1. The molecule has 12 aromatic rings. The SMILES string of the molecule is c1ccc(-c2ccc(N(c3ccc(-c4ccccc4)cc3)c3ccc(-c4cc(-c5cccc6c5sc5ccccc56)cc(-c5cccc6c5sc5ccccc56)c4)nc3)cc2)cc1. The van der Waals surface area contributed by atoms with Crippen molar-refractivity contribution in [2.45, 2.75) is 0 Å². The Morgan fingerprint density at radius 3 is 1.19 bits per heavy atom. The Kier molecular flexibility index (Phi) is 9.25. The Labute approximate surface area is 374 Å². The summed E-state index contributed by atoms with van der Waals surface area (Å²) in [6, 6.07) is 81.2. The van der Waals surface area contributed by atoms with Gasteiger partial charge in [-0.1, -0.05) is 158 Å². The molecule has 0 aliphatic heterocycles. The van der Waals surface area contributed by atoms with Gasteiger partial charge in [0, 0.05) is 57.3 Å². The van der Waals surface area contributed by atoms with Crippen LogP contribution in [0.5, 0.6) is 0 Å². The van der Waals surface area contributed by atoms with E-state index in [1.165, 1.54) is 84.9 Å². The van der Waals surface area contributed by atoms with Gasteiger partial charge in [-0.25, -0.2) is 0 Å². The lowest BCUT2D eigenvalue weighted by atomic mass is 9.93.